The molecule has 2 fully saturated rings. The second kappa shape index (κ2) is 8.14. The van der Waals surface area contributed by atoms with Crippen LogP contribution in [0.5, 0.6) is 5.75 Å². The molecule has 3 heterocycles. The predicted octanol–water partition coefficient (Wildman–Crippen LogP) is 6.25. The number of aromatic nitrogens is 1. The van der Waals surface area contributed by atoms with E-state index in [-0.39, 0.29) is 5.92 Å². The molecule has 1 saturated carbocycles. The summed E-state index contributed by atoms with van der Waals surface area (Å²) in [5.74, 6) is 0.724. The quantitative estimate of drug-likeness (QED) is 0.417. The molecule has 4 unspecified atom stereocenters. The van der Waals surface area contributed by atoms with Crippen molar-refractivity contribution in [2.45, 2.75) is 50.6 Å². The van der Waals surface area contributed by atoms with E-state index in [9.17, 15) is 5.11 Å². The van der Waals surface area contributed by atoms with Gasteiger partial charge in [0.1, 0.15) is 12.4 Å². The summed E-state index contributed by atoms with van der Waals surface area (Å²) in [5.41, 5.74) is 2.75. The summed E-state index contributed by atoms with van der Waals surface area (Å²) < 4.78 is 22.2. The van der Waals surface area contributed by atoms with Crippen molar-refractivity contribution >= 4 is 17.2 Å². The molecule has 36 heavy (non-hydrogen) atoms. The molecule has 1 aliphatic carbocycles. The average molecular weight is 505 g/mol. The third-order valence-electron chi connectivity index (χ3n) is 8.29. The van der Waals surface area contributed by atoms with E-state index in [0.29, 0.717) is 17.2 Å². The van der Waals surface area contributed by atoms with Crippen molar-refractivity contribution in [3.8, 4) is 5.75 Å². The normalized spacial score (nSPS) is 29.3. The highest BCUT2D eigenvalue weighted by atomic mass is 35.5. The van der Waals surface area contributed by atoms with Crippen LogP contribution in [-0.2, 0) is 17.9 Å². The van der Waals surface area contributed by atoms with Gasteiger partial charge in [-0.25, -0.2) is 4.39 Å². The lowest BCUT2D eigenvalue weighted by molar-refractivity contribution is 0.0785. The number of hydrogen-bond donors (Lipinski definition) is 1. The molecular weight excluding hydrogens is 475 g/mol. The van der Waals surface area contributed by atoms with Gasteiger partial charge in [0, 0.05) is 41.4 Å². The van der Waals surface area contributed by atoms with Gasteiger partial charge in [0.15, 0.2) is 5.67 Å². The lowest BCUT2D eigenvalue weighted by atomic mass is 9.90. The molecule has 6 heteroatoms. The summed E-state index contributed by atoms with van der Waals surface area (Å²) >= 11 is 6.03. The molecule has 3 aromatic rings. The van der Waals surface area contributed by atoms with Crippen molar-refractivity contribution in [2.75, 3.05) is 13.1 Å². The molecule has 1 saturated heterocycles. The van der Waals surface area contributed by atoms with E-state index >= 15 is 4.39 Å². The van der Waals surface area contributed by atoms with Crippen LogP contribution in [0.15, 0.2) is 66.9 Å². The van der Waals surface area contributed by atoms with Crippen LogP contribution in [0.25, 0.3) is 5.57 Å². The van der Waals surface area contributed by atoms with Gasteiger partial charge in [-0.3, -0.25) is 9.88 Å². The third kappa shape index (κ3) is 3.52. The lowest BCUT2D eigenvalue weighted by Crippen LogP contribution is -2.15. The van der Waals surface area contributed by atoms with Crippen LogP contribution in [-0.4, -0.2) is 33.6 Å². The smallest absolute Gasteiger partial charge is 0.160 e. The topological polar surface area (TPSA) is 45.4 Å². The van der Waals surface area contributed by atoms with Crippen LogP contribution < -0.4 is 4.74 Å². The molecule has 186 valence electrons. The van der Waals surface area contributed by atoms with Crippen LogP contribution in [0.4, 0.5) is 4.39 Å². The van der Waals surface area contributed by atoms with Gasteiger partial charge in [-0.1, -0.05) is 48.9 Å². The predicted molar refractivity (Wildman–Crippen MR) is 140 cm³/mol. The lowest BCUT2D eigenvalue weighted by Gasteiger charge is -2.20. The first-order chi connectivity index (χ1) is 17.2. The van der Waals surface area contributed by atoms with Gasteiger partial charge in [0.25, 0.3) is 0 Å². The minimum atomic E-state index is -1.33. The first-order valence-electron chi connectivity index (χ1n) is 12.5. The highest BCUT2D eigenvalue weighted by Crippen LogP contribution is 2.74. The average Bonchev–Trinajstić information content (AvgIpc) is 3.71. The number of nitrogens with zero attached hydrogens (tertiary/aromatic N) is 2. The molecular formula is C30H30ClFN2O2. The highest BCUT2D eigenvalue weighted by molar-refractivity contribution is 6.30. The van der Waals surface area contributed by atoms with E-state index in [0.717, 1.165) is 53.2 Å². The molecule has 0 bridgehead atoms. The molecule has 4 nitrogen and oxygen atoms in total. The fraction of sp³-hybridized carbons (Fsp3) is 0.367. The van der Waals surface area contributed by atoms with Crippen LogP contribution >= 0.6 is 11.6 Å². The minimum absolute atomic E-state index is 0.0508. The first kappa shape index (κ1) is 23.7. The van der Waals surface area contributed by atoms with Gasteiger partial charge in [0.2, 0.25) is 0 Å². The third-order valence-corrected chi connectivity index (χ3v) is 8.54. The Hall–Kier alpha value is -2.73. The minimum Gasteiger partial charge on any atom is -0.487 e. The van der Waals surface area contributed by atoms with Gasteiger partial charge in [0.05, 0.1) is 16.8 Å². The maximum atomic E-state index is 16.1. The number of ether oxygens (including phenoxy) is 1. The molecule has 1 aromatic heterocycles. The van der Waals surface area contributed by atoms with Gasteiger partial charge < -0.3 is 9.84 Å². The molecule has 1 N–H and O–H groups in total. The zero-order valence-electron chi connectivity index (χ0n) is 20.8. The standard InChI is InChI=1S/C30H30ClFN2O2/c1-19-29(30(19,32)20-8-11-22(31)12-9-20)18-34(29)15-5-7-23-24-6-4-14-33-26(24)17-36-27-13-10-21(16-25(23)27)28(2,3)35/h4,6-14,16,19,35H,5,15,17-18H2,1-3H3/b23-7+. The second-order valence-electron chi connectivity index (χ2n) is 10.7. The van der Waals surface area contributed by atoms with Crippen LogP contribution in [0, 0.1) is 5.92 Å². The summed E-state index contributed by atoms with van der Waals surface area (Å²) in [4.78, 5) is 6.82. The van der Waals surface area contributed by atoms with Crippen molar-refractivity contribution in [3.05, 3.63) is 99.8 Å². The maximum Gasteiger partial charge on any atom is 0.160 e. The molecule has 0 radical (unpaired) electrons. The van der Waals surface area contributed by atoms with Crippen molar-refractivity contribution < 1.29 is 14.2 Å². The Kier molecular flexibility index (Phi) is 5.35. The molecule has 2 aromatic carbocycles. The zero-order valence-corrected chi connectivity index (χ0v) is 21.5. The number of alkyl halides is 1. The van der Waals surface area contributed by atoms with Crippen LogP contribution in [0.1, 0.15) is 55.1 Å². The molecule has 1 spiro atoms. The Balaban J connectivity index is 1.28. The Morgan fingerprint density at radius 2 is 1.97 bits per heavy atom. The van der Waals surface area contributed by atoms with Gasteiger partial charge in [-0.05, 0) is 67.3 Å². The summed E-state index contributed by atoms with van der Waals surface area (Å²) in [6, 6.07) is 17.0. The first-order valence-corrected chi connectivity index (χ1v) is 12.9. The summed E-state index contributed by atoms with van der Waals surface area (Å²) in [5, 5.41) is 11.2. The highest BCUT2D eigenvalue weighted by Gasteiger charge is 2.86. The fourth-order valence-corrected chi connectivity index (χ4v) is 6.20. The number of hydrogen-bond acceptors (Lipinski definition) is 4. The molecule has 6 rings (SSSR count). The number of aliphatic hydroxyl groups is 1. The van der Waals surface area contributed by atoms with E-state index in [1.165, 1.54) is 0 Å². The van der Waals surface area contributed by atoms with Crippen LogP contribution in [0.3, 0.4) is 0 Å². The summed E-state index contributed by atoms with van der Waals surface area (Å²) in [6.07, 6.45) is 4.76. The SMILES string of the molecule is CC1C(F)(c2ccc(Cl)cc2)C12CN2CC/C=C1/c2cc(C(C)(C)O)ccc2OCc2ncccc21. The zero-order chi connectivity index (χ0) is 25.3. The number of fused-ring (bicyclic) bond motifs is 2. The number of pyridine rings is 1. The molecule has 3 aliphatic rings. The van der Waals surface area contributed by atoms with E-state index in [4.69, 9.17) is 16.3 Å². The number of rotatable bonds is 5. The Morgan fingerprint density at radius 3 is 2.72 bits per heavy atom. The van der Waals surface area contributed by atoms with E-state index < -0.39 is 16.8 Å². The second-order valence-corrected chi connectivity index (χ2v) is 11.2. The Morgan fingerprint density at radius 1 is 1.19 bits per heavy atom. The van der Waals surface area contributed by atoms with Crippen molar-refractivity contribution in [1.82, 2.24) is 9.88 Å². The van der Waals surface area contributed by atoms with E-state index in [1.54, 1.807) is 32.2 Å². The van der Waals surface area contributed by atoms with Crippen molar-refractivity contribution in [3.63, 3.8) is 0 Å². The summed E-state index contributed by atoms with van der Waals surface area (Å²) in [6.45, 7) is 7.49. The van der Waals surface area contributed by atoms with Crippen LogP contribution in [0.2, 0.25) is 5.02 Å². The van der Waals surface area contributed by atoms with E-state index in [2.05, 4.69) is 22.0 Å². The van der Waals surface area contributed by atoms with Crippen molar-refractivity contribution in [1.29, 1.82) is 0 Å². The van der Waals surface area contributed by atoms with Gasteiger partial charge >= 0.3 is 0 Å². The Labute approximate surface area is 216 Å². The van der Waals surface area contributed by atoms with Crippen molar-refractivity contribution in [2.24, 2.45) is 5.92 Å². The maximum absolute atomic E-state index is 16.1. The Bertz CT molecular complexity index is 1370. The van der Waals surface area contributed by atoms with Gasteiger partial charge in [-0.15, -0.1) is 0 Å². The summed E-state index contributed by atoms with van der Waals surface area (Å²) in [7, 11) is 0. The fourth-order valence-electron chi connectivity index (χ4n) is 6.07. The molecule has 0 amide bonds. The monoisotopic (exact) mass is 504 g/mol. The van der Waals surface area contributed by atoms with Gasteiger partial charge in [-0.2, -0.15) is 0 Å². The van der Waals surface area contributed by atoms with E-state index in [1.807, 2.05) is 43.3 Å². The molecule has 2 aliphatic heterocycles. The molecule has 4 atom stereocenters. The number of halogens is 2. The largest absolute Gasteiger partial charge is 0.487 e. The number of benzene rings is 2.